The molecule has 0 aromatic carbocycles. The van der Waals surface area contributed by atoms with Crippen LogP contribution in [0.15, 0.2) is 12.4 Å². The van der Waals surface area contributed by atoms with Crippen LogP contribution < -0.4 is 5.32 Å². The second-order valence-corrected chi connectivity index (χ2v) is 5.80. The Bertz CT molecular complexity index is 513. The van der Waals surface area contributed by atoms with Crippen molar-refractivity contribution in [3.05, 3.63) is 23.8 Å². The van der Waals surface area contributed by atoms with Gasteiger partial charge in [-0.1, -0.05) is 0 Å². The molecule has 2 rings (SSSR count). The number of amides is 2. The molecule has 1 fully saturated rings. The third-order valence-corrected chi connectivity index (χ3v) is 3.51. The largest absolute Gasteiger partial charge is 0.354 e. The molecule has 0 aliphatic carbocycles. The Balaban J connectivity index is 2.01. The Morgan fingerprint density at radius 1 is 1.33 bits per heavy atom. The SMILES string of the molecule is Cc1cnc(C(=O)N2CCC[C@H](C(=O)NC(C)C)C2)cn1. The average molecular weight is 290 g/mol. The molecule has 0 radical (unpaired) electrons. The summed E-state index contributed by atoms with van der Waals surface area (Å²) in [6, 6.07) is 0.117. The van der Waals surface area contributed by atoms with E-state index < -0.39 is 0 Å². The molecule has 1 aliphatic heterocycles. The van der Waals surface area contributed by atoms with Crippen molar-refractivity contribution in [3.8, 4) is 0 Å². The van der Waals surface area contributed by atoms with E-state index in [1.165, 1.54) is 6.20 Å². The summed E-state index contributed by atoms with van der Waals surface area (Å²) in [7, 11) is 0. The summed E-state index contributed by atoms with van der Waals surface area (Å²) in [4.78, 5) is 34.4. The Labute approximate surface area is 125 Å². The summed E-state index contributed by atoms with van der Waals surface area (Å²) in [5.41, 5.74) is 1.12. The molecule has 2 amide bonds. The molecule has 1 atom stereocenters. The number of nitrogens with zero attached hydrogens (tertiary/aromatic N) is 3. The van der Waals surface area contributed by atoms with Crippen molar-refractivity contribution >= 4 is 11.8 Å². The molecule has 1 saturated heterocycles. The highest BCUT2D eigenvalue weighted by molar-refractivity contribution is 5.92. The van der Waals surface area contributed by atoms with Crippen LogP contribution in [-0.4, -0.2) is 45.8 Å². The minimum Gasteiger partial charge on any atom is -0.354 e. The second kappa shape index (κ2) is 6.65. The van der Waals surface area contributed by atoms with Crippen LogP contribution in [0.5, 0.6) is 0 Å². The van der Waals surface area contributed by atoms with Gasteiger partial charge in [-0.2, -0.15) is 0 Å². The van der Waals surface area contributed by atoms with E-state index >= 15 is 0 Å². The smallest absolute Gasteiger partial charge is 0.274 e. The van der Waals surface area contributed by atoms with Crippen molar-refractivity contribution in [1.82, 2.24) is 20.2 Å². The van der Waals surface area contributed by atoms with E-state index in [-0.39, 0.29) is 23.8 Å². The van der Waals surface area contributed by atoms with E-state index in [0.717, 1.165) is 18.5 Å². The van der Waals surface area contributed by atoms with Crippen molar-refractivity contribution in [2.75, 3.05) is 13.1 Å². The topological polar surface area (TPSA) is 75.2 Å². The molecular formula is C15H22N4O2. The molecule has 1 aromatic rings. The molecular weight excluding hydrogens is 268 g/mol. The van der Waals surface area contributed by atoms with Crippen molar-refractivity contribution in [3.63, 3.8) is 0 Å². The zero-order valence-electron chi connectivity index (χ0n) is 12.8. The fourth-order valence-corrected chi connectivity index (χ4v) is 2.44. The van der Waals surface area contributed by atoms with Gasteiger partial charge in [0.2, 0.25) is 5.91 Å². The van der Waals surface area contributed by atoms with E-state index in [0.29, 0.717) is 18.8 Å². The van der Waals surface area contributed by atoms with Crippen LogP contribution in [0, 0.1) is 12.8 Å². The molecule has 0 saturated carbocycles. The first-order valence-electron chi connectivity index (χ1n) is 7.35. The van der Waals surface area contributed by atoms with Gasteiger partial charge in [-0.25, -0.2) is 4.98 Å². The maximum atomic E-state index is 12.4. The molecule has 1 N–H and O–H groups in total. The monoisotopic (exact) mass is 290 g/mol. The van der Waals surface area contributed by atoms with Crippen LogP contribution in [0.25, 0.3) is 0 Å². The zero-order chi connectivity index (χ0) is 15.4. The number of carbonyl (C=O) groups is 2. The number of rotatable bonds is 3. The highest BCUT2D eigenvalue weighted by atomic mass is 16.2. The first kappa shape index (κ1) is 15.4. The molecule has 0 unspecified atom stereocenters. The third kappa shape index (κ3) is 4.00. The lowest BCUT2D eigenvalue weighted by Crippen LogP contribution is -2.46. The predicted molar refractivity (Wildman–Crippen MR) is 78.7 cm³/mol. The standard InChI is InChI=1S/C15H22N4O2/c1-10(2)18-14(20)12-5-4-6-19(9-12)15(21)13-8-16-11(3)7-17-13/h7-8,10,12H,4-6,9H2,1-3H3,(H,18,20)/t12-/m0/s1. The van der Waals surface area contributed by atoms with Crippen LogP contribution in [0.2, 0.25) is 0 Å². The van der Waals surface area contributed by atoms with E-state index in [1.54, 1.807) is 11.1 Å². The number of aromatic nitrogens is 2. The zero-order valence-corrected chi connectivity index (χ0v) is 12.8. The van der Waals surface area contributed by atoms with Gasteiger partial charge in [-0.15, -0.1) is 0 Å². The van der Waals surface area contributed by atoms with Gasteiger partial charge in [-0.05, 0) is 33.6 Å². The summed E-state index contributed by atoms with van der Waals surface area (Å²) in [6.45, 7) is 6.82. The number of piperidine rings is 1. The summed E-state index contributed by atoms with van der Waals surface area (Å²) in [5.74, 6) is -0.259. The average Bonchev–Trinajstić information content (AvgIpc) is 2.47. The van der Waals surface area contributed by atoms with Crippen LogP contribution in [0.1, 0.15) is 42.9 Å². The van der Waals surface area contributed by atoms with Crippen molar-refractivity contribution < 1.29 is 9.59 Å². The molecule has 0 bridgehead atoms. The minimum absolute atomic E-state index is 0.0255. The van der Waals surface area contributed by atoms with Crippen LogP contribution in [0.3, 0.4) is 0 Å². The summed E-state index contributed by atoms with van der Waals surface area (Å²) >= 11 is 0. The Kier molecular flexibility index (Phi) is 4.88. The van der Waals surface area contributed by atoms with Gasteiger partial charge in [-0.3, -0.25) is 14.6 Å². The van der Waals surface area contributed by atoms with E-state index in [1.807, 2.05) is 20.8 Å². The van der Waals surface area contributed by atoms with Gasteiger partial charge in [0, 0.05) is 25.3 Å². The predicted octanol–water partition coefficient (Wildman–Crippen LogP) is 1.16. The normalized spacial score (nSPS) is 18.7. The van der Waals surface area contributed by atoms with Gasteiger partial charge in [0.25, 0.3) is 5.91 Å². The van der Waals surface area contributed by atoms with E-state index in [9.17, 15) is 9.59 Å². The number of aryl methyl sites for hydroxylation is 1. The van der Waals surface area contributed by atoms with Crippen molar-refractivity contribution in [1.29, 1.82) is 0 Å². The summed E-state index contributed by atoms with van der Waals surface area (Å²) in [6.07, 6.45) is 4.73. The maximum absolute atomic E-state index is 12.4. The molecule has 114 valence electrons. The van der Waals surface area contributed by atoms with Crippen molar-refractivity contribution in [2.45, 2.75) is 39.7 Å². The molecule has 1 aliphatic rings. The third-order valence-electron chi connectivity index (χ3n) is 3.51. The summed E-state index contributed by atoms with van der Waals surface area (Å²) in [5, 5.41) is 2.91. The first-order valence-corrected chi connectivity index (χ1v) is 7.35. The lowest BCUT2D eigenvalue weighted by atomic mass is 9.96. The molecule has 0 spiro atoms. The number of carbonyl (C=O) groups excluding carboxylic acids is 2. The van der Waals surface area contributed by atoms with Gasteiger partial charge in [0.1, 0.15) is 5.69 Å². The maximum Gasteiger partial charge on any atom is 0.274 e. The first-order chi connectivity index (χ1) is 9.97. The highest BCUT2D eigenvalue weighted by Crippen LogP contribution is 2.18. The van der Waals surface area contributed by atoms with E-state index in [2.05, 4.69) is 15.3 Å². The molecule has 21 heavy (non-hydrogen) atoms. The van der Waals surface area contributed by atoms with Gasteiger partial charge >= 0.3 is 0 Å². The highest BCUT2D eigenvalue weighted by Gasteiger charge is 2.29. The van der Waals surface area contributed by atoms with Crippen LogP contribution in [0.4, 0.5) is 0 Å². The molecule has 6 heteroatoms. The Morgan fingerprint density at radius 2 is 2.10 bits per heavy atom. The lowest BCUT2D eigenvalue weighted by molar-refractivity contribution is -0.126. The molecule has 1 aromatic heterocycles. The molecule has 2 heterocycles. The fraction of sp³-hybridized carbons (Fsp3) is 0.600. The van der Waals surface area contributed by atoms with Gasteiger partial charge in [0.15, 0.2) is 0 Å². The lowest BCUT2D eigenvalue weighted by Gasteiger charge is -2.32. The second-order valence-electron chi connectivity index (χ2n) is 5.80. The van der Waals surface area contributed by atoms with Gasteiger partial charge < -0.3 is 10.2 Å². The quantitative estimate of drug-likeness (QED) is 0.906. The van der Waals surface area contributed by atoms with E-state index in [4.69, 9.17) is 0 Å². The molecule has 6 nitrogen and oxygen atoms in total. The minimum atomic E-state index is -0.149. The van der Waals surface area contributed by atoms with Crippen LogP contribution in [-0.2, 0) is 4.79 Å². The Hall–Kier alpha value is -1.98. The van der Waals surface area contributed by atoms with Crippen LogP contribution >= 0.6 is 0 Å². The summed E-state index contributed by atoms with van der Waals surface area (Å²) < 4.78 is 0. The fourth-order valence-electron chi connectivity index (χ4n) is 2.44. The number of hydrogen-bond donors (Lipinski definition) is 1. The Morgan fingerprint density at radius 3 is 2.71 bits per heavy atom. The van der Waals surface area contributed by atoms with Crippen molar-refractivity contribution in [2.24, 2.45) is 5.92 Å². The van der Waals surface area contributed by atoms with Gasteiger partial charge in [0.05, 0.1) is 17.8 Å². The number of likely N-dealkylation sites (tertiary alicyclic amines) is 1. The number of nitrogens with one attached hydrogen (secondary N) is 1. The number of hydrogen-bond acceptors (Lipinski definition) is 4.